The number of allylic oxidation sites excluding steroid dienone is 1. The number of alkyl halides is 4. The summed E-state index contributed by atoms with van der Waals surface area (Å²) in [4.78, 5) is 7.76. The molecule has 1 aromatic heterocycles. The van der Waals surface area contributed by atoms with Crippen molar-refractivity contribution in [2.75, 3.05) is 6.61 Å². The van der Waals surface area contributed by atoms with Crippen molar-refractivity contribution in [2.45, 2.75) is 6.97 Å². The average molecular weight is 871 g/mol. The number of hydrogen-bond acceptors (Lipinski definition) is 3. The summed E-state index contributed by atoms with van der Waals surface area (Å²) in [6.07, 6.45) is 1.81. The van der Waals surface area contributed by atoms with Gasteiger partial charge >= 0.3 is 0 Å². The standard InChI is InChI=1S/C19H11Br4I2N3O/c20-18(21)19(22,23)9-29-16-10(6-12(24)7-13(16)25)5-11(8-26)17-27-14-3-1-2-4-15(14)28-17/h1-7,18H,9H2,(H,27,28). The average Bonchev–Trinajstić information content (AvgIpc) is 3.08. The molecule has 4 nitrogen and oxygen atoms in total. The van der Waals surface area contributed by atoms with E-state index in [-0.39, 0.29) is 3.74 Å². The summed E-state index contributed by atoms with van der Waals surface area (Å²) in [5.41, 5.74) is 2.96. The molecule has 0 saturated heterocycles. The van der Waals surface area contributed by atoms with Gasteiger partial charge in [0.05, 0.1) is 23.9 Å². The lowest BCUT2D eigenvalue weighted by molar-refractivity contribution is 0.314. The van der Waals surface area contributed by atoms with Gasteiger partial charge in [0, 0.05) is 9.13 Å². The lowest BCUT2D eigenvalue weighted by Gasteiger charge is -2.23. The molecule has 1 N–H and O–H groups in total. The lowest BCUT2D eigenvalue weighted by Crippen LogP contribution is -2.28. The minimum Gasteiger partial charge on any atom is -0.489 e. The molecule has 0 saturated carbocycles. The van der Waals surface area contributed by atoms with Gasteiger partial charge in [-0.05, 0) is 75.5 Å². The van der Waals surface area contributed by atoms with E-state index < -0.39 is 3.23 Å². The summed E-state index contributed by atoms with van der Waals surface area (Å²) in [5.74, 6) is 1.24. The van der Waals surface area contributed by atoms with Crippen molar-refractivity contribution in [3.63, 3.8) is 0 Å². The third-order valence-corrected chi connectivity index (χ3v) is 10.6. The Morgan fingerprint density at radius 1 is 1.28 bits per heavy atom. The lowest BCUT2D eigenvalue weighted by atomic mass is 10.1. The van der Waals surface area contributed by atoms with E-state index in [0.29, 0.717) is 23.8 Å². The van der Waals surface area contributed by atoms with Crippen LogP contribution in [0, 0.1) is 18.5 Å². The minimum absolute atomic E-state index is 0.0479. The van der Waals surface area contributed by atoms with Crippen molar-refractivity contribution in [1.82, 2.24) is 9.97 Å². The van der Waals surface area contributed by atoms with Crippen molar-refractivity contribution in [3.05, 3.63) is 54.9 Å². The molecule has 3 aromatic rings. The Morgan fingerprint density at radius 2 is 2.00 bits per heavy atom. The molecule has 0 aliphatic carbocycles. The number of ether oxygens (including phenoxy) is 1. The highest BCUT2D eigenvalue weighted by Gasteiger charge is 2.31. The molecule has 0 unspecified atom stereocenters. The number of rotatable bonds is 6. The fourth-order valence-corrected chi connectivity index (χ4v) is 5.00. The number of nitriles is 1. The van der Waals surface area contributed by atoms with Gasteiger partial charge in [0.2, 0.25) is 0 Å². The van der Waals surface area contributed by atoms with E-state index in [0.717, 1.165) is 23.7 Å². The van der Waals surface area contributed by atoms with Crippen LogP contribution >= 0.6 is 109 Å². The summed E-state index contributed by atoms with van der Waals surface area (Å²) < 4.78 is 7.60. The number of aromatic nitrogens is 2. The molecule has 2 aromatic carbocycles. The van der Waals surface area contributed by atoms with Gasteiger partial charge in [-0.1, -0.05) is 75.9 Å². The topological polar surface area (TPSA) is 61.7 Å². The smallest absolute Gasteiger partial charge is 0.149 e. The second kappa shape index (κ2) is 10.3. The first-order valence-electron chi connectivity index (χ1n) is 8.06. The van der Waals surface area contributed by atoms with Gasteiger partial charge in [-0.15, -0.1) is 0 Å². The van der Waals surface area contributed by atoms with E-state index in [1.807, 2.05) is 36.4 Å². The van der Waals surface area contributed by atoms with E-state index >= 15 is 0 Å². The highest BCUT2D eigenvalue weighted by molar-refractivity contribution is 14.1. The second-order valence-electron chi connectivity index (χ2n) is 5.93. The molecule has 0 bridgehead atoms. The van der Waals surface area contributed by atoms with Crippen molar-refractivity contribution in [3.8, 4) is 11.8 Å². The minimum atomic E-state index is -0.496. The van der Waals surface area contributed by atoms with Gasteiger partial charge in [0.25, 0.3) is 0 Å². The molecule has 3 rings (SSSR count). The predicted octanol–water partition coefficient (Wildman–Crippen LogP) is 7.82. The van der Waals surface area contributed by atoms with Crippen LogP contribution in [-0.2, 0) is 0 Å². The first-order valence-corrected chi connectivity index (χ1v) is 13.6. The Kier molecular flexibility index (Phi) is 8.51. The molecule has 1 heterocycles. The van der Waals surface area contributed by atoms with Gasteiger partial charge in [-0.3, -0.25) is 0 Å². The van der Waals surface area contributed by atoms with Crippen LogP contribution < -0.4 is 4.74 Å². The molecule has 0 fully saturated rings. The number of hydrogen-bond donors (Lipinski definition) is 1. The normalized spacial score (nSPS) is 12.4. The van der Waals surface area contributed by atoms with E-state index in [9.17, 15) is 5.26 Å². The van der Waals surface area contributed by atoms with Crippen LogP contribution in [0.3, 0.4) is 0 Å². The number of para-hydroxylation sites is 2. The van der Waals surface area contributed by atoms with Crippen LogP contribution in [0.25, 0.3) is 22.7 Å². The Labute approximate surface area is 229 Å². The SMILES string of the molecule is N#CC(=Cc1cc(I)cc(I)c1OCC(Br)(Br)C(Br)Br)c1nc2ccccc2[nH]1. The highest BCUT2D eigenvalue weighted by Crippen LogP contribution is 2.40. The van der Waals surface area contributed by atoms with Crippen LogP contribution in [0.15, 0.2) is 36.4 Å². The number of H-pyrrole nitrogens is 1. The fourth-order valence-electron chi connectivity index (χ4n) is 2.46. The fraction of sp³-hybridized carbons (Fsp3) is 0.158. The Balaban J connectivity index is 2.03. The highest BCUT2D eigenvalue weighted by atomic mass is 127. The van der Waals surface area contributed by atoms with Gasteiger partial charge in [0.15, 0.2) is 0 Å². The zero-order chi connectivity index (χ0) is 21.2. The Bertz CT molecular complexity index is 1090. The largest absolute Gasteiger partial charge is 0.489 e. The van der Waals surface area contributed by atoms with Crippen LogP contribution in [0.5, 0.6) is 5.75 Å². The number of fused-ring (bicyclic) bond motifs is 1. The van der Waals surface area contributed by atoms with E-state index in [1.54, 1.807) is 6.08 Å². The van der Waals surface area contributed by atoms with E-state index in [4.69, 9.17) is 4.74 Å². The van der Waals surface area contributed by atoms with Crippen molar-refractivity contribution in [2.24, 2.45) is 0 Å². The van der Waals surface area contributed by atoms with Crippen LogP contribution in [-0.4, -0.2) is 23.5 Å². The van der Waals surface area contributed by atoms with Crippen molar-refractivity contribution in [1.29, 1.82) is 5.26 Å². The number of benzene rings is 2. The summed E-state index contributed by atoms with van der Waals surface area (Å²) >= 11 is 18.7. The monoisotopic (exact) mass is 867 g/mol. The zero-order valence-electron chi connectivity index (χ0n) is 14.4. The third kappa shape index (κ3) is 5.97. The first kappa shape index (κ1) is 24.0. The number of halogens is 6. The molecule has 150 valence electrons. The zero-order valence-corrected chi connectivity index (χ0v) is 25.1. The molecule has 0 atom stereocenters. The number of imidazole rings is 1. The number of nitrogens with zero attached hydrogens (tertiary/aromatic N) is 2. The first-order chi connectivity index (χ1) is 13.7. The molecular weight excluding hydrogens is 860 g/mol. The number of aromatic amines is 1. The summed E-state index contributed by atoms with van der Waals surface area (Å²) in [6.45, 7) is 0.345. The number of nitrogens with one attached hydrogen (secondary N) is 1. The quantitative estimate of drug-likeness (QED) is 0.156. The summed E-state index contributed by atoms with van der Waals surface area (Å²) in [6, 6.07) is 14.0. The van der Waals surface area contributed by atoms with Gasteiger partial charge < -0.3 is 9.72 Å². The Hall–Kier alpha value is 0.320. The second-order valence-corrected chi connectivity index (χ2v) is 15.3. The predicted molar refractivity (Wildman–Crippen MR) is 149 cm³/mol. The molecular formula is C19H11Br4I2N3O. The summed E-state index contributed by atoms with van der Waals surface area (Å²) in [5, 5.41) is 9.78. The maximum absolute atomic E-state index is 9.78. The maximum atomic E-state index is 9.78. The van der Waals surface area contributed by atoms with Crippen LogP contribution in [0.4, 0.5) is 0 Å². The van der Waals surface area contributed by atoms with Gasteiger partial charge in [0.1, 0.15) is 27.5 Å². The van der Waals surface area contributed by atoms with Crippen LogP contribution in [0.2, 0.25) is 0 Å². The molecule has 0 amide bonds. The molecule has 0 radical (unpaired) electrons. The van der Waals surface area contributed by atoms with Crippen molar-refractivity contribution < 1.29 is 4.74 Å². The molecule has 0 aliphatic heterocycles. The van der Waals surface area contributed by atoms with E-state index in [2.05, 4.69) is 125 Å². The van der Waals surface area contributed by atoms with Gasteiger partial charge in [-0.25, -0.2) is 4.98 Å². The molecule has 10 heteroatoms. The van der Waals surface area contributed by atoms with Gasteiger partial charge in [-0.2, -0.15) is 5.26 Å². The molecule has 0 spiro atoms. The van der Waals surface area contributed by atoms with E-state index in [1.165, 1.54) is 0 Å². The van der Waals surface area contributed by atoms with Crippen molar-refractivity contribution >= 4 is 132 Å². The van der Waals surface area contributed by atoms with Crippen LogP contribution in [0.1, 0.15) is 11.4 Å². The molecule has 0 aliphatic rings. The summed E-state index contributed by atoms with van der Waals surface area (Å²) in [7, 11) is 0. The third-order valence-electron chi connectivity index (χ3n) is 3.83. The Morgan fingerprint density at radius 3 is 2.66 bits per heavy atom. The maximum Gasteiger partial charge on any atom is 0.149 e. The molecule has 29 heavy (non-hydrogen) atoms.